The highest BCUT2D eigenvalue weighted by Crippen LogP contribution is 2.30. The van der Waals surface area contributed by atoms with Gasteiger partial charge >= 0.3 is 0 Å². The maximum atomic E-state index is 12.7. The molecule has 1 atom stereocenters. The van der Waals surface area contributed by atoms with E-state index < -0.39 is 18.6 Å². The lowest BCUT2D eigenvalue weighted by atomic mass is 10.1. The third kappa shape index (κ3) is 1.80. The Hall–Kier alpha value is -0.520. The van der Waals surface area contributed by atoms with Gasteiger partial charge in [-0.05, 0) is 11.4 Å². The number of hydrogen-bond donors (Lipinski definition) is 2. The molecule has 68 valence electrons. The number of alkyl halides is 2. The van der Waals surface area contributed by atoms with Crippen molar-refractivity contribution >= 4 is 11.3 Å². The third-order valence-corrected chi connectivity index (χ3v) is 2.47. The van der Waals surface area contributed by atoms with Crippen LogP contribution in [0, 0.1) is 0 Å². The van der Waals surface area contributed by atoms with E-state index >= 15 is 0 Å². The summed E-state index contributed by atoms with van der Waals surface area (Å²) in [5.74, 6) is -3.23. The second-order valence-electron chi connectivity index (χ2n) is 2.41. The molecule has 0 aliphatic rings. The zero-order valence-corrected chi connectivity index (χ0v) is 7.02. The monoisotopic (exact) mass is 193 g/mol. The summed E-state index contributed by atoms with van der Waals surface area (Å²) in [5, 5.41) is 10.0. The highest BCUT2D eigenvalue weighted by molar-refractivity contribution is 7.10. The molecular formula is C7H9F2NOS. The van der Waals surface area contributed by atoms with Crippen molar-refractivity contribution in [2.24, 2.45) is 5.73 Å². The lowest BCUT2D eigenvalue weighted by Gasteiger charge is -2.19. The molecule has 1 rings (SSSR count). The quantitative estimate of drug-likeness (QED) is 0.761. The Balaban J connectivity index is 2.78. The Bertz CT molecular complexity index is 238. The first-order chi connectivity index (χ1) is 5.58. The maximum absolute atomic E-state index is 12.7. The van der Waals surface area contributed by atoms with Gasteiger partial charge in [0, 0.05) is 4.88 Å². The average molecular weight is 193 g/mol. The van der Waals surface area contributed by atoms with E-state index in [4.69, 9.17) is 10.8 Å². The van der Waals surface area contributed by atoms with Crippen molar-refractivity contribution in [1.82, 2.24) is 0 Å². The predicted molar refractivity (Wildman–Crippen MR) is 43.3 cm³/mol. The molecule has 2 nitrogen and oxygen atoms in total. The van der Waals surface area contributed by atoms with E-state index in [9.17, 15) is 8.78 Å². The fourth-order valence-electron chi connectivity index (χ4n) is 0.775. The zero-order valence-electron chi connectivity index (χ0n) is 6.21. The molecule has 0 radical (unpaired) electrons. The predicted octanol–water partition coefficient (Wildman–Crippen LogP) is 1.38. The summed E-state index contributed by atoms with van der Waals surface area (Å²) in [4.78, 5) is 0.383. The Morgan fingerprint density at radius 2 is 2.33 bits per heavy atom. The van der Waals surface area contributed by atoms with E-state index in [0.717, 1.165) is 11.3 Å². The molecule has 1 aromatic rings. The van der Waals surface area contributed by atoms with Gasteiger partial charge in [0.25, 0.3) is 5.92 Å². The number of halogens is 2. The van der Waals surface area contributed by atoms with E-state index in [2.05, 4.69) is 0 Å². The summed E-state index contributed by atoms with van der Waals surface area (Å²) in [5.41, 5.74) is 5.23. The number of aliphatic hydroxyl groups is 1. The Kier molecular flexibility index (Phi) is 2.76. The van der Waals surface area contributed by atoms with Gasteiger partial charge < -0.3 is 10.8 Å². The highest BCUT2D eigenvalue weighted by Gasteiger charge is 2.37. The van der Waals surface area contributed by atoms with Crippen LogP contribution in [0.25, 0.3) is 0 Å². The van der Waals surface area contributed by atoms with Gasteiger partial charge in [0.05, 0.1) is 0 Å². The minimum atomic E-state index is -3.23. The molecule has 0 saturated heterocycles. The van der Waals surface area contributed by atoms with E-state index in [1.165, 1.54) is 6.07 Å². The molecule has 1 heterocycles. The molecule has 12 heavy (non-hydrogen) atoms. The van der Waals surface area contributed by atoms with Crippen molar-refractivity contribution in [3.63, 3.8) is 0 Å². The SMILES string of the molecule is N[C@@H](c1cccs1)C(F)(F)CO. The first kappa shape index (κ1) is 9.57. The molecule has 0 unspecified atom stereocenters. The summed E-state index contributed by atoms with van der Waals surface area (Å²) in [7, 11) is 0. The summed E-state index contributed by atoms with van der Waals surface area (Å²) >= 11 is 1.16. The van der Waals surface area contributed by atoms with Crippen LogP contribution < -0.4 is 5.73 Å². The van der Waals surface area contributed by atoms with Crippen molar-refractivity contribution in [3.8, 4) is 0 Å². The summed E-state index contributed by atoms with van der Waals surface area (Å²) in [6.07, 6.45) is 0. The summed E-state index contributed by atoms with van der Waals surface area (Å²) in [6.45, 7) is -1.22. The first-order valence-corrected chi connectivity index (χ1v) is 4.23. The van der Waals surface area contributed by atoms with Gasteiger partial charge in [-0.2, -0.15) is 0 Å². The van der Waals surface area contributed by atoms with Crippen LogP contribution in [0.3, 0.4) is 0 Å². The lowest BCUT2D eigenvalue weighted by molar-refractivity contribution is -0.0703. The average Bonchev–Trinajstić information content (AvgIpc) is 2.55. The topological polar surface area (TPSA) is 46.2 Å². The van der Waals surface area contributed by atoms with Crippen LogP contribution in [0.5, 0.6) is 0 Å². The van der Waals surface area contributed by atoms with E-state index in [1.54, 1.807) is 11.4 Å². The highest BCUT2D eigenvalue weighted by atomic mass is 32.1. The van der Waals surface area contributed by atoms with E-state index in [-0.39, 0.29) is 0 Å². The standard InChI is InChI=1S/C7H9F2NOS/c8-7(9,4-11)6(10)5-2-1-3-12-5/h1-3,6,11H,4,10H2/t6-/m0/s1. The molecule has 3 N–H and O–H groups in total. The molecule has 0 spiro atoms. The number of nitrogens with two attached hydrogens (primary N) is 1. The normalized spacial score (nSPS) is 14.7. The third-order valence-electron chi connectivity index (χ3n) is 1.52. The number of hydrogen-bond acceptors (Lipinski definition) is 3. The van der Waals surface area contributed by atoms with Gasteiger partial charge in [-0.25, -0.2) is 8.78 Å². The van der Waals surface area contributed by atoms with E-state index in [1.807, 2.05) is 0 Å². The molecule has 0 amide bonds. The first-order valence-electron chi connectivity index (χ1n) is 3.35. The molecular weight excluding hydrogens is 184 g/mol. The Morgan fingerprint density at radius 1 is 1.67 bits per heavy atom. The van der Waals surface area contributed by atoms with Crippen LogP contribution in [0.15, 0.2) is 17.5 Å². The van der Waals surface area contributed by atoms with Gasteiger partial charge in [0.15, 0.2) is 0 Å². The zero-order chi connectivity index (χ0) is 9.19. The van der Waals surface area contributed by atoms with Crippen molar-refractivity contribution < 1.29 is 13.9 Å². The molecule has 0 aromatic carbocycles. The number of aliphatic hydroxyl groups excluding tert-OH is 1. The molecule has 0 bridgehead atoms. The van der Waals surface area contributed by atoms with Gasteiger partial charge in [0.1, 0.15) is 12.6 Å². The minimum absolute atomic E-state index is 0.383. The largest absolute Gasteiger partial charge is 0.390 e. The van der Waals surface area contributed by atoms with Crippen LogP contribution >= 0.6 is 11.3 Å². The molecule has 0 aliphatic heterocycles. The number of thiophene rings is 1. The maximum Gasteiger partial charge on any atom is 0.290 e. The molecule has 0 saturated carbocycles. The van der Waals surface area contributed by atoms with Crippen molar-refractivity contribution in [3.05, 3.63) is 22.4 Å². The van der Waals surface area contributed by atoms with Gasteiger partial charge in [-0.3, -0.25) is 0 Å². The second-order valence-corrected chi connectivity index (χ2v) is 3.39. The minimum Gasteiger partial charge on any atom is -0.390 e. The summed E-state index contributed by atoms with van der Waals surface area (Å²) < 4.78 is 25.5. The van der Waals surface area contributed by atoms with Crippen molar-refractivity contribution in [1.29, 1.82) is 0 Å². The van der Waals surface area contributed by atoms with Gasteiger partial charge in [-0.15, -0.1) is 11.3 Å². The number of rotatable bonds is 3. The van der Waals surface area contributed by atoms with Crippen molar-refractivity contribution in [2.45, 2.75) is 12.0 Å². The Labute approximate surface area is 72.6 Å². The fraction of sp³-hybridized carbons (Fsp3) is 0.429. The van der Waals surface area contributed by atoms with Crippen LogP contribution in [-0.2, 0) is 0 Å². The van der Waals surface area contributed by atoms with Crippen LogP contribution in [0.2, 0.25) is 0 Å². The van der Waals surface area contributed by atoms with Crippen LogP contribution in [0.4, 0.5) is 8.78 Å². The van der Waals surface area contributed by atoms with Crippen LogP contribution in [0.1, 0.15) is 10.9 Å². The van der Waals surface area contributed by atoms with Gasteiger partial charge in [-0.1, -0.05) is 6.07 Å². The fourth-order valence-corrected chi connectivity index (χ4v) is 1.57. The molecule has 1 aromatic heterocycles. The second kappa shape index (κ2) is 3.47. The van der Waals surface area contributed by atoms with Crippen LogP contribution in [-0.4, -0.2) is 17.6 Å². The smallest absolute Gasteiger partial charge is 0.290 e. The lowest BCUT2D eigenvalue weighted by Crippen LogP contribution is -2.35. The summed E-state index contributed by atoms with van der Waals surface area (Å²) in [6, 6.07) is 1.77. The van der Waals surface area contributed by atoms with Gasteiger partial charge in [0.2, 0.25) is 0 Å². The van der Waals surface area contributed by atoms with Crippen molar-refractivity contribution in [2.75, 3.05) is 6.61 Å². The molecule has 0 aliphatic carbocycles. The Morgan fingerprint density at radius 3 is 2.75 bits per heavy atom. The molecule has 5 heteroatoms. The van der Waals surface area contributed by atoms with E-state index in [0.29, 0.717) is 4.88 Å². The molecule has 0 fully saturated rings.